The molecule has 2 bridgehead atoms. The van der Waals surface area contributed by atoms with Crippen molar-refractivity contribution < 1.29 is 27.6 Å². The number of carbonyl (C=O) groups excluding carboxylic acids is 3. The molecule has 0 spiro atoms. The van der Waals surface area contributed by atoms with E-state index in [-0.39, 0.29) is 17.9 Å². The van der Waals surface area contributed by atoms with E-state index in [0.717, 1.165) is 28.2 Å². The summed E-state index contributed by atoms with van der Waals surface area (Å²) in [7, 11) is 0. The van der Waals surface area contributed by atoms with Gasteiger partial charge in [0.1, 0.15) is 5.78 Å². The fraction of sp³-hybridized carbons (Fsp3) is 0.286. The third-order valence-electron chi connectivity index (χ3n) is 6.12. The summed E-state index contributed by atoms with van der Waals surface area (Å²) < 4.78 is 39.2. The van der Waals surface area contributed by atoms with Crippen LogP contribution in [0.1, 0.15) is 34.9 Å². The zero-order valence-electron chi connectivity index (χ0n) is 14.4. The third-order valence-corrected chi connectivity index (χ3v) is 6.12. The fourth-order valence-corrected chi connectivity index (χ4v) is 5.04. The highest BCUT2D eigenvalue weighted by Gasteiger charge is 2.62. The van der Waals surface area contributed by atoms with Gasteiger partial charge in [-0.05, 0) is 29.3 Å². The Morgan fingerprint density at radius 3 is 2.25 bits per heavy atom. The molecule has 1 saturated heterocycles. The van der Waals surface area contributed by atoms with E-state index in [4.69, 9.17) is 0 Å². The van der Waals surface area contributed by atoms with E-state index in [0.29, 0.717) is 0 Å². The molecule has 0 aromatic heterocycles. The zero-order chi connectivity index (χ0) is 19.8. The molecular weight excluding hydrogens is 371 g/mol. The molecule has 2 fully saturated rings. The Morgan fingerprint density at radius 1 is 0.857 bits per heavy atom. The highest BCUT2D eigenvalue weighted by molar-refractivity contribution is 6.24. The Labute approximate surface area is 157 Å². The van der Waals surface area contributed by atoms with Gasteiger partial charge in [-0.1, -0.05) is 30.3 Å². The van der Waals surface area contributed by atoms with E-state index in [2.05, 4.69) is 0 Å². The molecule has 0 N–H and O–H groups in total. The summed E-state index contributed by atoms with van der Waals surface area (Å²) in [5.41, 5.74) is 0.621. The monoisotopic (exact) mass is 385 g/mol. The molecule has 6 rings (SSSR count). The first-order valence-electron chi connectivity index (χ1n) is 8.95. The summed E-state index contributed by atoms with van der Waals surface area (Å²) in [5.74, 6) is -3.87. The summed E-state index contributed by atoms with van der Waals surface area (Å²) in [4.78, 5) is 39.7. The minimum atomic E-state index is -4.58. The van der Waals surface area contributed by atoms with Crippen LogP contribution in [-0.4, -0.2) is 17.6 Å². The number of amides is 2. The molecule has 142 valence electrons. The van der Waals surface area contributed by atoms with Crippen molar-refractivity contribution in [2.45, 2.75) is 24.4 Å². The summed E-state index contributed by atoms with van der Waals surface area (Å²) in [6.45, 7) is 0. The molecule has 0 radical (unpaired) electrons. The fourth-order valence-electron chi connectivity index (χ4n) is 5.04. The van der Waals surface area contributed by atoms with Crippen molar-refractivity contribution in [3.63, 3.8) is 0 Å². The van der Waals surface area contributed by atoms with Crippen molar-refractivity contribution in [3.05, 3.63) is 65.2 Å². The molecule has 28 heavy (non-hydrogen) atoms. The number of imide groups is 1. The van der Waals surface area contributed by atoms with Gasteiger partial charge in [-0.25, -0.2) is 4.90 Å². The van der Waals surface area contributed by atoms with Crippen LogP contribution in [-0.2, 0) is 20.6 Å². The van der Waals surface area contributed by atoms with Gasteiger partial charge >= 0.3 is 6.18 Å². The Kier molecular flexibility index (Phi) is 3.39. The van der Waals surface area contributed by atoms with Gasteiger partial charge in [-0.3, -0.25) is 14.4 Å². The summed E-state index contributed by atoms with van der Waals surface area (Å²) in [6.07, 6.45) is -4.40. The highest BCUT2D eigenvalue weighted by atomic mass is 19.4. The number of anilines is 1. The number of fused-ring (bicyclic) bond motifs is 1. The first kappa shape index (κ1) is 17.2. The number of rotatable bonds is 1. The average Bonchev–Trinajstić information content (AvgIpc) is 2.93. The molecule has 2 aromatic rings. The van der Waals surface area contributed by atoms with Crippen molar-refractivity contribution >= 4 is 23.3 Å². The van der Waals surface area contributed by atoms with Gasteiger partial charge < -0.3 is 0 Å². The summed E-state index contributed by atoms with van der Waals surface area (Å²) in [5, 5.41) is 0. The number of hydrogen-bond donors (Lipinski definition) is 0. The van der Waals surface area contributed by atoms with E-state index in [1.165, 1.54) is 12.1 Å². The Balaban J connectivity index is 1.62. The molecule has 4 nitrogen and oxygen atoms in total. The van der Waals surface area contributed by atoms with Gasteiger partial charge in [0.2, 0.25) is 11.8 Å². The van der Waals surface area contributed by atoms with Crippen molar-refractivity contribution in [3.8, 4) is 0 Å². The predicted molar refractivity (Wildman–Crippen MR) is 92.5 cm³/mol. The lowest BCUT2D eigenvalue weighted by atomic mass is 9.56. The highest BCUT2D eigenvalue weighted by Crippen LogP contribution is 2.57. The molecule has 1 aliphatic heterocycles. The van der Waals surface area contributed by atoms with Gasteiger partial charge in [0.15, 0.2) is 0 Å². The first-order valence-corrected chi connectivity index (χ1v) is 8.95. The van der Waals surface area contributed by atoms with E-state index in [1.54, 1.807) is 12.1 Å². The summed E-state index contributed by atoms with van der Waals surface area (Å²) in [6, 6.07) is 11.5. The molecule has 1 saturated carbocycles. The van der Waals surface area contributed by atoms with E-state index in [9.17, 15) is 27.6 Å². The number of hydrogen-bond acceptors (Lipinski definition) is 3. The number of carbonyl (C=O) groups is 3. The number of Topliss-reactive ketones (excluding diaryl/α,β-unsaturated/α-hetero) is 1. The van der Waals surface area contributed by atoms with E-state index < -0.39 is 47.2 Å². The van der Waals surface area contributed by atoms with Crippen LogP contribution < -0.4 is 4.90 Å². The minimum Gasteiger partial charge on any atom is -0.299 e. The van der Waals surface area contributed by atoms with E-state index >= 15 is 0 Å². The van der Waals surface area contributed by atoms with Crippen LogP contribution in [0.15, 0.2) is 48.5 Å². The maximum atomic E-state index is 13.1. The molecule has 1 heterocycles. The number of ketones is 1. The molecule has 2 aromatic carbocycles. The maximum Gasteiger partial charge on any atom is 0.416 e. The minimum absolute atomic E-state index is 0.0861. The van der Waals surface area contributed by atoms with Crippen molar-refractivity contribution in [1.29, 1.82) is 0 Å². The summed E-state index contributed by atoms with van der Waals surface area (Å²) >= 11 is 0. The molecular formula is C21H14F3NO3. The molecule has 0 unspecified atom stereocenters. The Morgan fingerprint density at radius 2 is 1.54 bits per heavy atom. The third kappa shape index (κ3) is 2.16. The average molecular weight is 385 g/mol. The maximum absolute atomic E-state index is 13.1. The second kappa shape index (κ2) is 5.53. The topological polar surface area (TPSA) is 54.5 Å². The van der Waals surface area contributed by atoms with Crippen molar-refractivity contribution in [1.82, 2.24) is 0 Å². The van der Waals surface area contributed by atoms with Crippen LogP contribution in [0.2, 0.25) is 0 Å². The number of halogens is 3. The number of benzene rings is 2. The van der Waals surface area contributed by atoms with Crippen molar-refractivity contribution in [2.75, 3.05) is 4.90 Å². The second-order valence-electron chi connectivity index (χ2n) is 7.50. The largest absolute Gasteiger partial charge is 0.416 e. The lowest BCUT2D eigenvalue weighted by molar-refractivity contribution is -0.137. The molecule has 4 aliphatic rings. The van der Waals surface area contributed by atoms with Crippen LogP contribution in [0.25, 0.3) is 0 Å². The Bertz CT molecular complexity index is 1050. The predicted octanol–water partition coefficient (Wildman–Crippen LogP) is 3.66. The molecule has 3 aliphatic carbocycles. The van der Waals surface area contributed by atoms with Crippen LogP contribution in [0.5, 0.6) is 0 Å². The van der Waals surface area contributed by atoms with Gasteiger partial charge in [-0.2, -0.15) is 13.2 Å². The zero-order valence-corrected chi connectivity index (χ0v) is 14.4. The van der Waals surface area contributed by atoms with Gasteiger partial charge in [0.25, 0.3) is 0 Å². The second-order valence-corrected chi connectivity index (χ2v) is 7.50. The molecule has 2 amide bonds. The molecule has 4 atom stereocenters. The van der Waals surface area contributed by atoms with Crippen LogP contribution in [0, 0.1) is 11.8 Å². The normalized spacial score (nSPS) is 28.5. The van der Waals surface area contributed by atoms with Crippen LogP contribution >= 0.6 is 0 Å². The van der Waals surface area contributed by atoms with Crippen LogP contribution in [0.4, 0.5) is 18.9 Å². The number of alkyl halides is 3. The smallest absolute Gasteiger partial charge is 0.299 e. The van der Waals surface area contributed by atoms with Gasteiger partial charge in [-0.15, -0.1) is 0 Å². The van der Waals surface area contributed by atoms with Crippen LogP contribution in [0.3, 0.4) is 0 Å². The lowest BCUT2D eigenvalue weighted by Crippen LogP contribution is -2.44. The standard InChI is InChI=1S/C21H14F3NO3/c22-21(23,24)10-4-3-5-11(8-10)25-19(27)17-14-9-15(26)16(18(17)20(25)28)13-7-2-1-6-12(13)14/h1-8,14,16-18H,9H2/t14-,16+,17+,18-/m0/s1. The lowest BCUT2D eigenvalue weighted by Gasteiger charge is -2.43. The quantitative estimate of drug-likeness (QED) is 0.704. The van der Waals surface area contributed by atoms with Gasteiger partial charge in [0, 0.05) is 12.3 Å². The SMILES string of the molecule is O=C1C[C@H]2c3ccccc3[C@H]1[C@@H]1C(=O)N(c3cccc(C(F)(F)F)c3)C(=O)[C@@H]12. The van der Waals surface area contributed by atoms with E-state index in [1.807, 2.05) is 12.1 Å². The molecule has 7 heteroatoms. The Hall–Kier alpha value is -2.96. The van der Waals surface area contributed by atoms with Crippen molar-refractivity contribution in [2.24, 2.45) is 11.8 Å². The van der Waals surface area contributed by atoms with Gasteiger partial charge in [0.05, 0.1) is 29.0 Å². The first-order chi connectivity index (χ1) is 13.3. The number of nitrogens with zero attached hydrogens (tertiary/aromatic N) is 1.